The zero-order valence-corrected chi connectivity index (χ0v) is 11.9. The number of carboxylic acids is 1. The van der Waals surface area contributed by atoms with E-state index in [4.69, 9.17) is 9.84 Å². The molecule has 0 aliphatic heterocycles. The van der Waals surface area contributed by atoms with Crippen LogP contribution in [0, 0.1) is 15.9 Å². The summed E-state index contributed by atoms with van der Waals surface area (Å²) in [7, 11) is 0. The molecule has 1 fully saturated rings. The van der Waals surface area contributed by atoms with Gasteiger partial charge in [-0.2, -0.15) is 0 Å². The lowest BCUT2D eigenvalue weighted by Gasteiger charge is -2.40. The Kier molecular flexibility index (Phi) is 3.94. The molecule has 0 heterocycles. The van der Waals surface area contributed by atoms with Gasteiger partial charge in [-0.3, -0.25) is 14.9 Å². The van der Waals surface area contributed by atoms with Gasteiger partial charge in [0, 0.05) is 12.1 Å². The standard InChI is InChI=1S/C12H11BrFNO5/c13-7-4-9(15(18)19)10(5-8(7)14)20-12(2-1-3-12)6-11(16)17/h4-5H,1-3,6H2,(H,16,17). The number of nitro groups is 1. The van der Waals surface area contributed by atoms with Gasteiger partial charge in [0.25, 0.3) is 0 Å². The maximum atomic E-state index is 13.5. The molecule has 1 aliphatic rings. The highest BCUT2D eigenvalue weighted by Crippen LogP contribution is 2.43. The van der Waals surface area contributed by atoms with Crippen LogP contribution in [-0.2, 0) is 4.79 Å². The summed E-state index contributed by atoms with van der Waals surface area (Å²) in [4.78, 5) is 21.1. The van der Waals surface area contributed by atoms with E-state index in [1.54, 1.807) is 0 Å². The van der Waals surface area contributed by atoms with Crippen molar-refractivity contribution in [2.45, 2.75) is 31.3 Å². The molecular weight excluding hydrogens is 337 g/mol. The van der Waals surface area contributed by atoms with E-state index in [2.05, 4.69) is 15.9 Å². The van der Waals surface area contributed by atoms with Gasteiger partial charge in [-0.05, 0) is 35.2 Å². The highest BCUT2D eigenvalue weighted by Gasteiger charge is 2.43. The fourth-order valence-electron chi connectivity index (χ4n) is 2.14. The summed E-state index contributed by atoms with van der Waals surface area (Å²) < 4.78 is 19.0. The van der Waals surface area contributed by atoms with E-state index in [1.807, 2.05) is 0 Å². The second kappa shape index (κ2) is 5.35. The molecule has 1 saturated carbocycles. The number of nitro benzene ring substituents is 1. The van der Waals surface area contributed by atoms with Crippen LogP contribution < -0.4 is 4.74 Å². The van der Waals surface area contributed by atoms with Gasteiger partial charge in [-0.1, -0.05) is 0 Å². The summed E-state index contributed by atoms with van der Waals surface area (Å²) in [6.07, 6.45) is 1.48. The van der Waals surface area contributed by atoms with Crippen LogP contribution in [0.25, 0.3) is 0 Å². The Morgan fingerprint density at radius 3 is 2.65 bits per heavy atom. The van der Waals surface area contributed by atoms with Crippen LogP contribution in [0.4, 0.5) is 10.1 Å². The molecule has 6 nitrogen and oxygen atoms in total. The van der Waals surface area contributed by atoms with E-state index in [0.717, 1.165) is 18.6 Å². The number of halogens is 2. The number of hydrogen-bond acceptors (Lipinski definition) is 4. The quantitative estimate of drug-likeness (QED) is 0.652. The molecule has 1 aromatic rings. The van der Waals surface area contributed by atoms with E-state index in [0.29, 0.717) is 12.8 Å². The minimum atomic E-state index is -1.05. The van der Waals surface area contributed by atoms with Gasteiger partial charge in [0.05, 0.1) is 15.8 Å². The van der Waals surface area contributed by atoms with Gasteiger partial charge in [0.1, 0.15) is 11.4 Å². The fourth-order valence-corrected chi connectivity index (χ4v) is 2.47. The Labute approximate surface area is 121 Å². The second-order valence-electron chi connectivity index (χ2n) is 4.70. The number of nitrogens with zero attached hydrogens (tertiary/aromatic N) is 1. The molecule has 0 unspecified atom stereocenters. The van der Waals surface area contributed by atoms with Crippen molar-refractivity contribution in [1.82, 2.24) is 0 Å². The van der Waals surface area contributed by atoms with Crippen LogP contribution in [0.2, 0.25) is 0 Å². The molecular formula is C12H11BrFNO5. The van der Waals surface area contributed by atoms with Gasteiger partial charge in [0.15, 0.2) is 0 Å². The van der Waals surface area contributed by atoms with Gasteiger partial charge < -0.3 is 9.84 Å². The largest absolute Gasteiger partial charge is 0.481 e. The second-order valence-corrected chi connectivity index (χ2v) is 5.55. The number of hydrogen-bond donors (Lipinski definition) is 1. The van der Waals surface area contributed by atoms with Crippen LogP contribution in [0.3, 0.4) is 0 Å². The molecule has 1 aliphatic carbocycles. The molecule has 0 atom stereocenters. The summed E-state index contributed by atoms with van der Waals surface area (Å²) >= 11 is 2.87. The third-order valence-electron chi connectivity index (χ3n) is 3.26. The summed E-state index contributed by atoms with van der Waals surface area (Å²) in [6.45, 7) is 0. The zero-order valence-electron chi connectivity index (χ0n) is 10.3. The van der Waals surface area contributed by atoms with Crippen molar-refractivity contribution in [2.24, 2.45) is 0 Å². The molecule has 108 valence electrons. The van der Waals surface area contributed by atoms with Crippen LogP contribution in [0.15, 0.2) is 16.6 Å². The maximum Gasteiger partial charge on any atom is 0.312 e. The van der Waals surface area contributed by atoms with Gasteiger partial charge in [-0.25, -0.2) is 4.39 Å². The van der Waals surface area contributed by atoms with E-state index in [1.165, 1.54) is 0 Å². The Hall–Kier alpha value is -1.70. The molecule has 0 aromatic heterocycles. The number of benzene rings is 1. The lowest BCUT2D eigenvalue weighted by Crippen LogP contribution is -2.45. The molecule has 1 aromatic carbocycles. The normalized spacial score (nSPS) is 16.3. The van der Waals surface area contributed by atoms with E-state index < -0.39 is 28.0 Å². The Bertz CT molecular complexity index is 573. The highest BCUT2D eigenvalue weighted by atomic mass is 79.9. The fraction of sp³-hybridized carbons (Fsp3) is 0.417. The smallest absolute Gasteiger partial charge is 0.312 e. The van der Waals surface area contributed by atoms with Gasteiger partial charge in [0.2, 0.25) is 5.75 Å². The van der Waals surface area contributed by atoms with Crippen LogP contribution >= 0.6 is 15.9 Å². The first-order valence-corrected chi connectivity index (χ1v) is 6.66. The molecule has 0 radical (unpaired) electrons. The molecule has 0 bridgehead atoms. The molecule has 0 saturated heterocycles. The Morgan fingerprint density at radius 1 is 1.55 bits per heavy atom. The molecule has 1 N–H and O–H groups in total. The van der Waals surface area contributed by atoms with Gasteiger partial charge >= 0.3 is 11.7 Å². The van der Waals surface area contributed by atoms with Crippen LogP contribution in [0.5, 0.6) is 5.75 Å². The van der Waals surface area contributed by atoms with Crippen LogP contribution in [-0.4, -0.2) is 21.6 Å². The van der Waals surface area contributed by atoms with Crippen molar-refractivity contribution in [3.8, 4) is 5.75 Å². The maximum absolute atomic E-state index is 13.5. The highest BCUT2D eigenvalue weighted by molar-refractivity contribution is 9.10. The number of aliphatic carboxylic acids is 1. The first-order chi connectivity index (χ1) is 9.33. The lowest BCUT2D eigenvalue weighted by molar-refractivity contribution is -0.386. The summed E-state index contributed by atoms with van der Waals surface area (Å²) in [5.74, 6) is -1.99. The third kappa shape index (κ3) is 2.90. The van der Waals surface area contributed by atoms with E-state index in [-0.39, 0.29) is 16.6 Å². The minimum Gasteiger partial charge on any atom is -0.481 e. The molecule has 0 amide bonds. The lowest BCUT2D eigenvalue weighted by atomic mass is 9.77. The number of carbonyl (C=O) groups is 1. The minimum absolute atomic E-state index is 0.0440. The predicted molar refractivity (Wildman–Crippen MR) is 70.2 cm³/mol. The molecule has 0 spiro atoms. The molecule has 2 rings (SSSR count). The molecule has 8 heteroatoms. The molecule has 20 heavy (non-hydrogen) atoms. The van der Waals surface area contributed by atoms with Crippen molar-refractivity contribution in [3.05, 3.63) is 32.5 Å². The van der Waals surface area contributed by atoms with Crippen LogP contribution in [0.1, 0.15) is 25.7 Å². The van der Waals surface area contributed by atoms with Gasteiger partial charge in [-0.15, -0.1) is 0 Å². The Morgan fingerprint density at radius 2 is 2.20 bits per heavy atom. The average molecular weight is 348 g/mol. The van der Waals surface area contributed by atoms with E-state index >= 15 is 0 Å². The summed E-state index contributed by atoms with van der Waals surface area (Å²) in [5, 5.41) is 19.8. The number of rotatable bonds is 5. The third-order valence-corrected chi connectivity index (χ3v) is 3.87. The topological polar surface area (TPSA) is 89.7 Å². The van der Waals surface area contributed by atoms with Crippen molar-refractivity contribution in [3.63, 3.8) is 0 Å². The Balaban J connectivity index is 2.34. The number of carboxylic acid groups (broad SMARTS) is 1. The predicted octanol–water partition coefficient (Wildman–Crippen LogP) is 3.27. The first-order valence-electron chi connectivity index (χ1n) is 5.87. The SMILES string of the molecule is O=C(O)CC1(Oc2cc(F)c(Br)cc2[N+](=O)[O-])CCC1. The monoisotopic (exact) mass is 347 g/mol. The summed E-state index contributed by atoms with van der Waals surface area (Å²) in [5.41, 5.74) is -1.37. The van der Waals surface area contributed by atoms with Crippen molar-refractivity contribution < 1.29 is 24.0 Å². The first kappa shape index (κ1) is 14.7. The van der Waals surface area contributed by atoms with Crippen molar-refractivity contribution in [1.29, 1.82) is 0 Å². The number of ether oxygens (including phenoxy) is 1. The van der Waals surface area contributed by atoms with Crippen molar-refractivity contribution >= 4 is 27.6 Å². The zero-order chi connectivity index (χ0) is 14.9. The van der Waals surface area contributed by atoms with E-state index in [9.17, 15) is 19.3 Å². The van der Waals surface area contributed by atoms with Crippen molar-refractivity contribution in [2.75, 3.05) is 0 Å². The summed E-state index contributed by atoms with van der Waals surface area (Å²) in [6, 6.07) is 1.92. The average Bonchev–Trinajstić information content (AvgIpc) is 2.29.